The van der Waals surface area contributed by atoms with E-state index >= 15 is 0 Å². The fourth-order valence-electron chi connectivity index (χ4n) is 1.21. The van der Waals surface area contributed by atoms with E-state index in [4.69, 9.17) is 19.6 Å². The molecule has 0 aliphatic carbocycles. The molecule has 0 bridgehead atoms. The zero-order valence-corrected chi connectivity index (χ0v) is 10.2. The molecule has 0 aliphatic rings. The number of hydrogen-bond acceptors (Lipinski definition) is 4. The van der Waals surface area contributed by atoms with Crippen LogP contribution in [0.2, 0.25) is 0 Å². The molecular weight excluding hydrogens is 295 g/mol. The van der Waals surface area contributed by atoms with Gasteiger partial charge in [0.1, 0.15) is 0 Å². The van der Waals surface area contributed by atoms with Crippen LogP contribution in [0.4, 0.5) is 0 Å². The molecule has 0 fully saturated rings. The molecule has 0 spiro atoms. The fourth-order valence-corrected chi connectivity index (χ4v) is 3.67. The summed E-state index contributed by atoms with van der Waals surface area (Å²) in [5.74, 6) is 0. The minimum atomic E-state index is -5.21. The maximum atomic E-state index is 11.2. The van der Waals surface area contributed by atoms with Crippen LogP contribution in [-0.4, -0.2) is 65.4 Å². The van der Waals surface area contributed by atoms with Gasteiger partial charge in [-0.2, -0.15) is 0 Å². The summed E-state index contributed by atoms with van der Waals surface area (Å²) >= 11 is 0. The Kier molecular flexibility index (Phi) is 6.38. The molecule has 11 heteroatoms. The summed E-state index contributed by atoms with van der Waals surface area (Å²) in [7, 11) is -10.0. The molecular formula is C7H12NNaO7P2. The van der Waals surface area contributed by atoms with Crippen LogP contribution in [0.5, 0.6) is 0 Å². The molecule has 0 saturated carbocycles. The summed E-state index contributed by atoms with van der Waals surface area (Å²) in [6.07, 6.45) is -0.253. The van der Waals surface area contributed by atoms with Gasteiger partial charge in [-0.15, -0.1) is 0 Å². The first-order valence-electron chi connectivity index (χ1n) is 4.30. The predicted octanol–water partition coefficient (Wildman–Crippen LogP) is -1.07. The Labute approximate surface area is 125 Å². The van der Waals surface area contributed by atoms with Gasteiger partial charge in [0.05, 0.1) is 11.9 Å². The normalized spacial score (nSPS) is 15.6. The molecule has 0 saturated heterocycles. The van der Waals surface area contributed by atoms with E-state index in [0.29, 0.717) is 0 Å². The fraction of sp³-hybridized carbons (Fsp3) is 0.286. The predicted molar refractivity (Wildman–Crippen MR) is 64.2 cm³/mol. The topological polar surface area (TPSA) is 148 Å². The van der Waals surface area contributed by atoms with E-state index in [9.17, 15) is 14.2 Å². The number of rotatable bonds is 4. The quantitative estimate of drug-likeness (QED) is 0.349. The van der Waals surface area contributed by atoms with E-state index < -0.39 is 32.4 Å². The van der Waals surface area contributed by atoms with Crippen LogP contribution in [0.15, 0.2) is 24.4 Å². The van der Waals surface area contributed by atoms with E-state index in [2.05, 4.69) is 4.98 Å². The Balaban J connectivity index is 0.00000289. The summed E-state index contributed by atoms with van der Waals surface area (Å²) in [6.45, 7) is 0. The second-order valence-electron chi connectivity index (χ2n) is 3.40. The van der Waals surface area contributed by atoms with Crippen LogP contribution in [0.3, 0.4) is 0 Å². The number of nitrogens with zero attached hydrogens (tertiary/aromatic N) is 1. The van der Waals surface area contributed by atoms with Crippen molar-refractivity contribution in [1.29, 1.82) is 0 Å². The Morgan fingerprint density at radius 2 is 1.72 bits per heavy atom. The second-order valence-corrected chi connectivity index (χ2v) is 6.87. The average Bonchev–Trinajstić information content (AvgIpc) is 2.14. The Morgan fingerprint density at radius 1 is 1.17 bits per heavy atom. The van der Waals surface area contributed by atoms with Crippen molar-refractivity contribution in [2.75, 3.05) is 6.16 Å². The monoisotopic (exact) mass is 307 g/mol. The molecule has 1 heterocycles. The molecule has 1 aromatic heterocycles. The van der Waals surface area contributed by atoms with Crippen LogP contribution in [-0.2, 0) is 14.5 Å². The van der Waals surface area contributed by atoms with Crippen LogP contribution in [0.1, 0.15) is 5.69 Å². The zero-order valence-electron chi connectivity index (χ0n) is 8.41. The molecule has 1 aromatic rings. The number of pyridine rings is 1. The van der Waals surface area contributed by atoms with E-state index in [1.807, 2.05) is 0 Å². The molecule has 1 rings (SSSR count). The Bertz CT molecular complexity index is 486. The first kappa shape index (κ1) is 18.4. The third-order valence-corrected chi connectivity index (χ3v) is 4.45. The third kappa shape index (κ3) is 4.51. The van der Waals surface area contributed by atoms with Gasteiger partial charge in [0, 0.05) is 6.20 Å². The van der Waals surface area contributed by atoms with E-state index in [1.54, 1.807) is 0 Å². The van der Waals surface area contributed by atoms with Crippen molar-refractivity contribution < 1.29 is 33.8 Å². The van der Waals surface area contributed by atoms with Gasteiger partial charge in [0.2, 0.25) is 5.34 Å². The van der Waals surface area contributed by atoms with Crippen LogP contribution < -0.4 is 0 Å². The standard InChI is InChI=1S/C7H11NO7P2.Na.H/c9-7(17(13,14)15,5-16(10,11)12)6-3-1-2-4-8-6;;/h1-4,9H,5H2,(H2,10,11,12)(H2,13,14,15);;. The van der Waals surface area contributed by atoms with Gasteiger partial charge in [0.25, 0.3) is 0 Å². The van der Waals surface area contributed by atoms with E-state index in [-0.39, 0.29) is 29.6 Å². The molecule has 18 heavy (non-hydrogen) atoms. The summed E-state index contributed by atoms with van der Waals surface area (Å²) in [5, 5.41) is 6.84. The van der Waals surface area contributed by atoms with Gasteiger partial charge in [-0.3, -0.25) is 14.1 Å². The Hall–Kier alpha value is 0.410. The zero-order chi connectivity index (χ0) is 13.3. The van der Waals surface area contributed by atoms with Crippen LogP contribution >= 0.6 is 15.2 Å². The Morgan fingerprint density at radius 3 is 2.06 bits per heavy atom. The molecule has 0 radical (unpaired) electrons. The van der Waals surface area contributed by atoms with E-state index in [0.717, 1.165) is 12.3 Å². The van der Waals surface area contributed by atoms with Gasteiger partial charge in [-0.1, -0.05) is 6.07 Å². The van der Waals surface area contributed by atoms with Gasteiger partial charge >= 0.3 is 44.7 Å². The summed E-state index contributed by atoms with van der Waals surface area (Å²) in [6, 6.07) is 3.85. The third-order valence-electron chi connectivity index (χ3n) is 1.98. The van der Waals surface area contributed by atoms with Crippen LogP contribution in [0, 0.1) is 0 Å². The summed E-state index contributed by atoms with van der Waals surface area (Å²) in [5.41, 5.74) is -0.489. The van der Waals surface area contributed by atoms with E-state index in [1.165, 1.54) is 12.1 Å². The summed E-state index contributed by atoms with van der Waals surface area (Å²) < 4.78 is 22.0. The number of aromatic nitrogens is 1. The molecule has 0 aliphatic heterocycles. The van der Waals surface area contributed by atoms with Gasteiger partial charge in [-0.05, 0) is 12.1 Å². The van der Waals surface area contributed by atoms with Gasteiger partial charge in [0.15, 0.2) is 0 Å². The molecule has 1 unspecified atom stereocenters. The van der Waals surface area contributed by atoms with Crippen molar-refractivity contribution in [2.45, 2.75) is 5.34 Å². The molecule has 0 amide bonds. The van der Waals surface area contributed by atoms with Crippen molar-refractivity contribution in [3.8, 4) is 0 Å². The first-order valence-corrected chi connectivity index (χ1v) is 7.71. The number of hydrogen-bond donors (Lipinski definition) is 5. The van der Waals surface area contributed by atoms with Crippen molar-refractivity contribution >= 4 is 44.7 Å². The second kappa shape index (κ2) is 6.24. The van der Waals surface area contributed by atoms with Crippen molar-refractivity contribution in [3.05, 3.63) is 30.1 Å². The summed E-state index contributed by atoms with van der Waals surface area (Å²) in [4.78, 5) is 39.1. The number of aliphatic hydroxyl groups is 1. The molecule has 0 aromatic carbocycles. The maximum absolute atomic E-state index is 11.2. The van der Waals surface area contributed by atoms with Crippen molar-refractivity contribution in [3.63, 3.8) is 0 Å². The SMILES string of the molecule is O=P(O)(O)CC(O)(c1ccccn1)P(=O)(O)O.[NaH]. The van der Waals surface area contributed by atoms with Crippen LogP contribution in [0.25, 0.3) is 0 Å². The van der Waals surface area contributed by atoms with Crippen molar-refractivity contribution in [2.24, 2.45) is 0 Å². The molecule has 8 nitrogen and oxygen atoms in total. The molecule has 98 valence electrons. The minimum absolute atomic E-state index is 0. The molecule has 1 atom stereocenters. The van der Waals surface area contributed by atoms with Gasteiger partial charge < -0.3 is 24.7 Å². The first-order chi connectivity index (χ1) is 7.56. The average molecular weight is 307 g/mol. The molecule has 5 N–H and O–H groups in total. The van der Waals surface area contributed by atoms with Crippen molar-refractivity contribution in [1.82, 2.24) is 4.98 Å². The van der Waals surface area contributed by atoms with Gasteiger partial charge in [-0.25, -0.2) is 0 Å².